The second kappa shape index (κ2) is 8.30. The number of hydrogen-bond acceptors (Lipinski definition) is 6. The number of hydrogen-bond donors (Lipinski definition) is 0. The van der Waals surface area contributed by atoms with Crippen molar-refractivity contribution >= 4 is 23.5 Å². The van der Waals surface area contributed by atoms with Crippen LogP contribution in [0.25, 0.3) is 5.69 Å². The summed E-state index contributed by atoms with van der Waals surface area (Å²) in [6.07, 6.45) is -6.38. The van der Waals surface area contributed by atoms with Crippen LogP contribution in [0.5, 0.6) is 0 Å². The molecule has 1 atom stereocenters. The van der Waals surface area contributed by atoms with Crippen molar-refractivity contribution in [3.8, 4) is 5.69 Å². The number of aromatic nitrogens is 2. The first kappa shape index (κ1) is 23.1. The number of halogens is 5. The molecule has 30 heavy (non-hydrogen) atoms. The normalized spacial score (nSPS) is 12.4. The zero-order valence-corrected chi connectivity index (χ0v) is 16.3. The Bertz CT molecular complexity index is 1140. The number of carbonyl (C=O) groups is 2. The minimum absolute atomic E-state index is 0.0986. The van der Waals surface area contributed by atoms with E-state index >= 15 is 0 Å². The molecule has 1 unspecified atom stereocenters. The highest BCUT2D eigenvalue weighted by Crippen LogP contribution is 2.27. The molecule has 0 radical (unpaired) electrons. The van der Waals surface area contributed by atoms with Crippen molar-refractivity contribution in [1.82, 2.24) is 9.13 Å². The Labute approximate surface area is 170 Å². The Hall–Kier alpha value is -3.15. The van der Waals surface area contributed by atoms with Crippen molar-refractivity contribution < 1.29 is 36.6 Å². The van der Waals surface area contributed by atoms with E-state index in [0.29, 0.717) is 12.1 Å². The zero-order valence-electron chi connectivity index (χ0n) is 15.5. The summed E-state index contributed by atoms with van der Waals surface area (Å²) in [6.45, 7) is 1.18. The van der Waals surface area contributed by atoms with Crippen LogP contribution in [-0.2, 0) is 27.5 Å². The summed E-state index contributed by atoms with van der Waals surface area (Å²) in [4.78, 5) is 48.1. The van der Waals surface area contributed by atoms with E-state index in [9.17, 15) is 36.7 Å². The molecule has 0 N–H and O–H groups in total. The number of carbonyl (C=O) groups excluding carboxylic acids is 2. The van der Waals surface area contributed by atoms with Gasteiger partial charge in [0, 0.05) is 13.1 Å². The van der Waals surface area contributed by atoms with Crippen LogP contribution in [0, 0.1) is 5.82 Å². The van der Waals surface area contributed by atoms with Crippen molar-refractivity contribution in [2.24, 2.45) is 7.05 Å². The first-order valence-corrected chi connectivity index (χ1v) is 8.35. The number of alkyl halides is 3. The summed E-state index contributed by atoms with van der Waals surface area (Å²) in [5, 5.41) is -0.491. The molecule has 162 valence electrons. The van der Waals surface area contributed by atoms with Gasteiger partial charge in [0.15, 0.2) is 6.10 Å². The number of rotatable bonds is 4. The molecule has 0 bridgehead atoms. The van der Waals surface area contributed by atoms with E-state index in [4.69, 9.17) is 16.3 Å². The molecule has 0 spiro atoms. The lowest BCUT2D eigenvalue weighted by Gasteiger charge is -2.16. The number of methoxy groups -OCH3 is 1. The second-order valence-electron chi connectivity index (χ2n) is 5.90. The Balaban J connectivity index is 2.65. The molecule has 0 aliphatic carbocycles. The summed E-state index contributed by atoms with van der Waals surface area (Å²) < 4.78 is 62.7. The Morgan fingerprint density at radius 3 is 2.30 bits per heavy atom. The second-order valence-corrected chi connectivity index (χ2v) is 6.30. The molecule has 1 aromatic heterocycles. The van der Waals surface area contributed by atoms with Crippen LogP contribution in [0.1, 0.15) is 23.0 Å². The molecule has 13 heteroatoms. The molecule has 0 aliphatic rings. The van der Waals surface area contributed by atoms with Gasteiger partial charge in [-0.25, -0.2) is 23.3 Å². The van der Waals surface area contributed by atoms with Crippen molar-refractivity contribution in [1.29, 1.82) is 0 Å². The predicted octanol–water partition coefficient (Wildman–Crippen LogP) is 2.07. The van der Waals surface area contributed by atoms with Gasteiger partial charge in [0.25, 0.3) is 5.56 Å². The molecule has 0 aliphatic heterocycles. The summed E-state index contributed by atoms with van der Waals surface area (Å²) in [5.41, 5.74) is -5.93. The maximum absolute atomic E-state index is 14.4. The zero-order chi connectivity index (χ0) is 23.0. The van der Waals surface area contributed by atoms with Gasteiger partial charge in [-0.15, -0.1) is 0 Å². The highest BCUT2D eigenvalue weighted by molar-refractivity contribution is 6.33. The smallest absolute Gasteiger partial charge is 0.431 e. The van der Waals surface area contributed by atoms with E-state index in [1.165, 1.54) is 6.92 Å². The average molecular weight is 453 g/mol. The number of ether oxygens (including phenoxy) is 2. The Kier molecular flexibility index (Phi) is 6.40. The average Bonchev–Trinajstić information content (AvgIpc) is 2.64. The largest absolute Gasteiger partial charge is 0.466 e. The molecule has 0 amide bonds. The molecular formula is C17H13ClF4N2O6. The van der Waals surface area contributed by atoms with Crippen LogP contribution >= 0.6 is 11.6 Å². The SMILES string of the molecule is COC(=O)C(C)OC(=O)c1cc(-n2c(=O)cc(C(F)(F)F)n(C)c2=O)c(F)cc1Cl. The molecule has 0 fully saturated rings. The van der Waals surface area contributed by atoms with Gasteiger partial charge in [-0.3, -0.25) is 9.36 Å². The van der Waals surface area contributed by atoms with Gasteiger partial charge in [0.1, 0.15) is 11.5 Å². The molecule has 0 saturated carbocycles. The lowest BCUT2D eigenvalue weighted by Crippen LogP contribution is -2.41. The lowest BCUT2D eigenvalue weighted by molar-refractivity contribution is -0.149. The summed E-state index contributed by atoms with van der Waals surface area (Å²) in [5.74, 6) is -3.40. The fraction of sp³-hybridized carbons (Fsp3) is 0.294. The van der Waals surface area contributed by atoms with Crippen LogP contribution < -0.4 is 11.2 Å². The van der Waals surface area contributed by atoms with Crippen LogP contribution in [-0.4, -0.2) is 34.3 Å². The molecule has 8 nitrogen and oxygen atoms in total. The molecule has 0 saturated heterocycles. The Morgan fingerprint density at radius 1 is 1.17 bits per heavy atom. The quantitative estimate of drug-likeness (QED) is 0.520. The molecule has 2 rings (SSSR count). The van der Waals surface area contributed by atoms with Gasteiger partial charge in [0.05, 0.1) is 23.4 Å². The van der Waals surface area contributed by atoms with E-state index in [2.05, 4.69) is 4.74 Å². The number of esters is 2. The molecule has 1 heterocycles. The highest BCUT2D eigenvalue weighted by atomic mass is 35.5. The van der Waals surface area contributed by atoms with E-state index in [-0.39, 0.29) is 15.2 Å². The third kappa shape index (κ3) is 4.37. The number of nitrogens with zero attached hydrogens (tertiary/aromatic N) is 2. The monoisotopic (exact) mass is 452 g/mol. The summed E-state index contributed by atoms with van der Waals surface area (Å²) in [6, 6.07) is 1.33. The van der Waals surface area contributed by atoms with Gasteiger partial charge in [-0.2, -0.15) is 13.2 Å². The maximum Gasteiger partial charge on any atom is 0.431 e. The van der Waals surface area contributed by atoms with Gasteiger partial charge >= 0.3 is 23.8 Å². The third-order valence-corrected chi connectivity index (χ3v) is 4.24. The van der Waals surface area contributed by atoms with Crippen LogP contribution in [0.4, 0.5) is 17.6 Å². The van der Waals surface area contributed by atoms with Crippen molar-refractivity contribution in [3.05, 3.63) is 61.1 Å². The first-order valence-electron chi connectivity index (χ1n) is 7.98. The Morgan fingerprint density at radius 2 is 1.77 bits per heavy atom. The van der Waals surface area contributed by atoms with Crippen molar-refractivity contribution in [2.75, 3.05) is 7.11 Å². The fourth-order valence-electron chi connectivity index (χ4n) is 2.42. The lowest BCUT2D eigenvalue weighted by atomic mass is 10.2. The topological polar surface area (TPSA) is 96.6 Å². The highest BCUT2D eigenvalue weighted by Gasteiger charge is 2.35. The third-order valence-electron chi connectivity index (χ3n) is 3.92. The molecular weight excluding hydrogens is 440 g/mol. The molecule has 2 aromatic rings. The van der Waals surface area contributed by atoms with Crippen molar-refractivity contribution in [2.45, 2.75) is 19.2 Å². The van der Waals surface area contributed by atoms with Gasteiger partial charge in [0.2, 0.25) is 0 Å². The van der Waals surface area contributed by atoms with Gasteiger partial charge in [-0.1, -0.05) is 11.6 Å². The fourth-order valence-corrected chi connectivity index (χ4v) is 2.65. The van der Waals surface area contributed by atoms with Crippen LogP contribution in [0.2, 0.25) is 5.02 Å². The van der Waals surface area contributed by atoms with E-state index in [0.717, 1.165) is 14.2 Å². The summed E-state index contributed by atoms with van der Waals surface area (Å²) >= 11 is 5.80. The summed E-state index contributed by atoms with van der Waals surface area (Å²) in [7, 11) is 1.78. The molecule has 1 aromatic carbocycles. The minimum Gasteiger partial charge on any atom is -0.466 e. The van der Waals surface area contributed by atoms with E-state index < -0.39 is 63.3 Å². The minimum atomic E-state index is -5.01. The standard InChI is InChI=1S/C17H13ClF4N2O6/c1-7(14(26)29-3)30-15(27)8-4-11(10(19)5-9(8)18)24-13(25)6-12(17(20,21)22)23(2)16(24)28/h4-7H,1-3H3. The maximum atomic E-state index is 14.4. The van der Waals surface area contributed by atoms with Crippen LogP contribution in [0.15, 0.2) is 27.8 Å². The first-order chi connectivity index (χ1) is 13.8. The van der Waals surface area contributed by atoms with E-state index in [1.807, 2.05) is 0 Å². The van der Waals surface area contributed by atoms with Crippen LogP contribution in [0.3, 0.4) is 0 Å². The predicted molar refractivity (Wildman–Crippen MR) is 94.1 cm³/mol. The van der Waals surface area contributed by atoms with Gasteiger partial charge < -0.3 is 9.47 Å². The van der Waals surface area contributed by atoms with Gasteiger partial charge in [-0.05, 0) is 19.1 Å². The van der Waals surface area contributed by atoms with E-state index in [1.54, 1.807) is 0 Å². The number of benzene rings is 1. The van der Waals surface area contributed by atoms with Crippen molar-refractivity contribution in [3.63, 3.8) is 0 Å².